The fourth-order valence-electron chi connectivity index (χ4n) is 6.94. The van der Waals surface area contributed by atoms with Crippen LogP contribution >= 0.6 is 0 Å². The Morgan fingerprint density at radius 1 is 0.634 bits per heavy atom. The monoisotopic (exact) mass is 541 g/mol. The van der Waals surface area contributed by atoms with Gasteiger partial charge in [0, 0.05) is 45.1 Å². The fraction of sp³-hybridized carbons (Fsp3) is 0.265. The molecule has 0 spiro atoms. The molecule has 5 aromatic rings. The number of hydrogen-bond donors (Lipinski definition) is 0. The molecule has 4 amide bonds. The minimum Gasteiger partial charge on any atom is -0.272 e. The summed E-state index contributed by atoms with van der Waals surface area (Å²) in [5.41, 5.74) is 2.89. The van der Waals surface area contributed by atoms with E-state index in [4.69, 9.17) is 6.57 Å². The predicted molar refractivity (Wildman–Crippen MR) is 159 cm³/mol. The summed E-state index contributed by atoms with van der Waals surface area (Å²) in [4.78, 5) is 61.4. The highest BCUT2D eigenvalue weighted by Crippen LogP contribution is 2.50. The Morgan fingerprint density at radius 2 is 1.07 bits per heavy atom. The van der Waals surface area contributed by atoms with Crippen molar-refractivity contribution in [3.63, 3.8) is 0 Å². The third kappa shape index (κ3) is 2.92. The molecule has 2 atom stereocenters. The third-order valence-electron chi connectivity index (χ3n) is 9.26. The van der Waals surface area contributed by atoms with Gasteiger partial charge in [-0.25, -0.2) is 4.85 Å². The van der Waals surface area contributed by atoms with Crippen LogP contribution in [0.25, 0.3) is 47.9 Å². The molecule has 41 heavy (non-hydrogen) atoms. The lowest BCUT2D eigenvalue weighted by molar-refractivity contribution is 0.0532. The minimum atomic E-state index is -0.389. The Kier molecular flexibility index (Phi) is 5.12. The predicted octanol–water partition coefficient (Wildman–Crippen LogP) is 7.39. The van der Waals surface area contributed by atoms with Gasteiger partial charge < -0.3 is 0 Å². The minimum absolute atomic E-state index is 0.249. The zero-order chi connectivity index (χ0) is 29.1. The van der Waals surface area contributed by atoms with E-state index in [0.29, 0.717) is 62.3 Å². The number of rotatable bonds is 4. The summed E-state index contributed by atoms with van der Waals surface area (Å²) < 4.78 is 0. The van der Waals surface area contributed by atoms with Gasteiger partial charge in [0.25, 0.3) is 23.6 Å². The second-order valence-electron chi connectivity index (χ2n) is 11.3. The molecular formula is C34H27N3O4. The van der Waals surface area contributed by atoms with Gasteiger partial charge in [0.1, 0.15) is 0 Å². The van der Waals surface area contributed by atoms with E-state index >= 15 is 0 Å². The molecule has 2 aliphatic heterocycles. The van der Waals surface area contributed by atoms with E-state index in [9.17, 15) is 19.2 Å². The lowest BCUT2D eigenvalue weighted by Gasteiger charge is -2.34. The first-order chi connectivity index (χ1) is 19.7. The normalized spacial score (nSPS) is 16.5. The van der Waals surface area contributed by atoms with Crippen molar-refractivity contribution >= 4 is 72.4 Å². The van der Waals surface area contributed by atoms with Crippen LogP contribution in [0.5, 0.6) is 0 Å². The molecule has 0 radical (unpaired) electrons. The maximum absolute atomic E-state index is 13.8. The molecule has 2 unspecified atom stereocenters. The Hall–Kier alpha value is -4.83. The molecule has 2 aliphatic rings. The molecular weight excluding hydrogens is 514 g/mol. The maximum Gasteiger partial charge on any atom is 0.261 e. The second-order valence-corrected chi connectivity index (χ2v) is 11.3. The lowest BCUT2D eigenvalue weighted by atomic mass is 9.80. The summed E-state index contributed by atoms with van der Waals surface area (Å²) >= 11 is 0. The van der Waals surface area contributed by atoms with Crippen molar-refractivity contribution in [1.82, 2.24) is 9.80 Å². The number of fused-ring (bicyclic) bond motifs is 2. The lowest BCUT2D eigenvalue weighted by Crippen LogP contribution is -2.45. The molecule has 2 heterocycles. The van der Waals surface area contributed by atoms with Gasteiger partial charge in [-0.15, -0.1) is 0 Å². The SMILES string of the molecule is [C-]#[N+]c1cc2c3c(ccc4c5c(C)cc6c7c(ccc(c1c34)c75)C(=O)N(C(C)CC)C6=O)C(=O)N(C(C)CC)C2=O. The van der Waals surface area contributed by atoms with Gasteiger partial charge in [-0.1, -0.05) is 26.0 Å². The molecule has 7 rings (SSSR count). The molecule has 0 aliphatic carbocycles. The number of carbonyl (C=O) groups excluding carboxylic acids is 4. The Balaban J connectivity index is 1.69. The van der Waals surface area contributed by atoms with Gasteiger partial charge in [0.05, 0.1) is 6.57 Å². The van der Waals surface area contributed by atoms with Crippen LogP contribution in [0.4, 0.5) is 5.69 Å². The Labute approximate surface area is 236 Å². The zero-order valence-electron chi connectivity index (χ0n) is 23.5. The number of hydrogen-bond acceptors (Lipinski definition) is 4. The number of amides is 4. The third-order valence-corrected chi connectivity index (χ3v) is 9.26. The highest BCUT2D eigenvalue weighted by atomic mass is 16.2. The van der Waals surface area contributed by atoms with Crippen LogP contribution in [0.3, 0.4) is 0 Å². The van der Waals surface area contributed by atoms with Gasteiger partial charge in [-0.2, -0.15) is 0 Å². The molecule has 0 saturated heterocycles. The maximum atomic E-state index is 13.8. The van der Waals surface area contributed by atoms with Gasteiger partial charge in [-0.3, -0.25) is 29.0 Å². The van der Waals surface area contributed by atoms with E-state index in [0.717, 1.165) is 27.1 Å². The smallest absolute Gasteiger partial charge is 0.261 e. The number of imide groups is 2. The van der Waals surface area contributed by atoms with Gasteiger partial charge in [-0.05, 0) is 95.8 Å². The number of nitrogens with zero attached hydrogens (tertiary/aromatic N) is 3. The van der Waals surface area contributed by atoms with E-state index in [1.807, 2.05) is 52.8 Å². The molecule has 7 nitrogen and oxygen atoms in total. The second kappa shape index (κ2) is 8.34. The molecule has 0 bridgehead atoms. The van der Waals surface area contributed by atoms with Crippen LogP contribution in [0.2, 0.25) is 0 Å². The van der Waals surface area contributed by atoms with Crippen LogP contribution < -0.4 is 0 Å². The summed E-state index contributed by atoms with van der Waals surface area (Å²) in [5, 5.41) is 5.63. The van der Waals surface area contributed by atoms with Crippen molar-refractivity contribution in [2.75, 3.05) is 0 Å². The molecule has 7 heteroatoms. The summed E-state index contributed by atoms with van der Waals surface area (Å²) in [5.74, 6) is -1.36. The van der Waals surface area contributed by atoms with Crippen molar-refractivity contribution in [3.8, 4) is 0 Å². The topological polar surface area (TPSA) is 79.1 Å². The van der Waals surface area contributed by atoms with Gasteiger partial charge >= 0.3 is 0 Å². The molecule has 0 N–H and O–H groups in total. The first-order valence-corrected chi connectivity index (χ1v) is 14.0. The summed E-state index contributed by atoms with van der Waals surface area (Å²) in [6.07, 6.45) is 1.26. The summed E-state index contributed by atoms with van der Waals surface area (Å²) in [7, 11) is 0. The van der Waals surface area contributed by atoms with Crippen molar-refractivity contribution < 1.29 is 19.2 Å². The average molecular weight is 542 g/mol. The fourth-order valence-corrected chi connectivity index (χ4v) is 6.94. The highest BCUT2D eigenvalue weighted by molar-refractivity contribution is 6.43. The van der Waals surface area contributed by atoms with Gasteiger partial charge in [0.2, 0.25) is 0 Å². The van der Waals surface area contributed by atoms with E-state index in [1.165, 1.54) is 9.80 Å². The molecule has 202 valence electrons. The summed E-state index contributed by atoms with van der Waals surface area (Å²) in [6, 6.07) is 10.2. The van der Waals surface area contributed by atoms with Crippen molar-refractivity contribution in [3.05, 3.63) is 75.6 Å². The van der Waals surface area contributed by atoms with Crippen LogP contribution in [0, 0.1) is 13.5 Å². The molecule has 0 aromatic heterocycles. The summed E-state index contributed by atoms with van der Waals surface area (Å²) in [6.45, 7) is 17.7. The van der Waals surface area contributed by atoms with Crippen LogP contribution in [-0.4, -0.2) is 45.5 Å². The Bertz CT molecular complexity index is 2120. The van der Waals surface area contributed by atoms with Crippen molar-refractivity contribution in [2.24, 2.45) is 0 Å². The number of aryl methyl sites for hydroxylation is 1. The molecule has 5 aromatic carbocycles. The largest absolute Gasteiger partial charge is 0.272 e. The van der Waals surface area contributed by atoms with E-state index in [2.05, 4.69) is 4.85 Å². The van der Waals surface area contributed by atoms with E-state index in [1.54, 1.807) is 18.2 Å². The van der Waals surface area contributed by atoms with E-state index < -0.39 is 0 Å². The Morgan fingerprint density at radius 3 is 1.56 bits per heavy atom. The van der Waals surface area contributed by atoms with Crippen LogP contribution in [0.1, 0.15) is 87.5 Å². The average Bonchev–Trinajstić information content (AvgIpc) is 2.97. The molecule has 0 fully saturated rings. The quantitative estimate of drug-likeness (QED) is 0.103. The highest BCUT2D eigenvalue weighted by Gasteiger charge is 2.39. The van der Waals surface area contributed by atoms with Gasteiger partial charge in [0.15, 0.2) is 5.69 Å². The first-order valence-electron chi connectivity index (χ1n) is 14.0. The van der Waals surface area contributed by atoms with Crippen molar-refractivity contribution in [2.45, 2.75) is 59.5 Å². The zero-order valence-corrected chi connectivity index (χ0v) is 23.5. The number of carbonyl (C=O) groups is 4. The van der Waals surface area contributed by atoms with E-state index in [-0.39, 0.29) is 35.7 Å². The van der Waals surface area contributed by atoms with Crippen molar-refractivity contribution in [1.29, 1.82) is 0 Å². The standard InChI is InChI=1S/C34H27N3O4/c1-7-16(4)36-31(38)20-12-10-19-28-24(35-6)14-23-27-21(32(39)37(34(23)41)17(5)8-2)11-9-18(30(27)28)25-15(3)13-22(33(36)40)26(20)29(19)25/h9-14,16-17H,7-8H2,1-5H3. The van der Waals surface area contributed by atoms with Crippen LogP contribution in [-0.2, 0) is 0 Å². The van der Waals surface area contributed by atoms with Crippen LogP contribution in [0.15, 0.2) is 36.4 Å². The molecule has 0 saturated carbocycles. The first kappa shape index (κ1) is 25.2. The number of benzene rings is 5.